The second-order valence-electron chi connectivity index (χ2n) is 26.9. The topological polar surface area (TPSA) is 413 Å². The Morgan fingerprint density at radius 3 is 1.17 bits per heavy atom. The summed E-state index contributed by atoms with van der Waals surface area (Å²) in [6, 6.07) is 43.8. The molecule has 0 bridgehead atoms. The number of unbranched alkanes of at least 4 members (excludes halogenated alkanes) is 1. The molecule has 0 atom stereocenters. The van der Waals surface area contributed by atoms with Gasteiger partial charge in [-0.1, -0.05) is 100 Å². The molecule has 8 aromatic carbocycles. The zero-order valence-electron chi connectivity index (χ0n) is 66.5. The molecule has 8 aromatic rings. The fourth-order valence-corrected chi connectivity index (χ4v) is 21.0. The van der Waals surface area contributed by atoms with Gasteiger partial charge >= 0.3 is 29.8 Å². The number of benzene rings is 8. The highest BCUT2D eigenvalue weighted by molar-refractivity contribution is 6.84. The lowest BCUT2D eigenvalue weighted by molar-refractivity contribution is -0.253. The van der Waals surface area contributed by atoms with E-state index in [4.69, 9.17) is 43.9 Å². The molecule has 8 rings (SSSR count). The molecule has 612 valence electrons. The van der Waals surface area contributed by atoms with Crippen molar-refractivity contribution in [2.24, 2.45) is 0 Å². The number of nitrogens with one attached hydrogen (secondary N) is 6. The molecule has 0 saturated heterocycles. The highest BCUT2D eigenvalue weighted by Gasteiger charge is 2.33. The summed E-state index contributed by atoms with van der Waals surface area (Å²) in [5, 5.41) is 64.0. The molecule has 0 spiro atoms. The third-order valence-corrected chi connectivity index (χ3v) is 24.8. The summed E-state index contributed by atoms with van der Waals surface area (Å²) in [7, 11) is 1.32. The number of carbonyl (C=O) groups is 8. The Bertz CT molecular complexity index is 4580. The van der Waals surface area contributed by atoms with Gasteiger partial charge in [-0.2, -0.15) is 0 Å². The number of esters is 2. The fraction of sp³-hybridized carbons (Fsp3) is 0.325. The van der Waals surface area contributed by atoms with Crippen LogP contribution in [0.25, 0.3) is 33.4 Å². The number of rotatable bonds is 39. The van der Waals surface area contributed by atoms with Gasteiger partial charge in [0.2, 0.25) is 0 Å². The van der Waals surface area contributed by atoms with Crippen LogP contribution in [0.5, 0.6) is 0 Å². The van der Waals surface area contributed by atoms with Crippen LogP contribution in [0.15, 0.2) is 152 Å². The Kier molecular flexibility index (Phi) is 39.5. The van der Waals surface area contributed by atoms with Crippen LogP contribution < -0.4 is 32.4 Å². The van der Waals surface area contributed by atoms with E-state index in [1.54, 1.807) is 119 Å². The van der Waals surface area contributed by atoms with Crippen molar-refractivity contribution in [3.05, 3.63) is 235 Å². The molecule has 0 fully saturated rings. The number of anilines is 2. The van der Waals surface area contributed by atoms with Gasteiger partial charge in [-0.15, -0.1) is 0 Å². The summed E-state index contributed by atoms with van der Waals surface area (Å²) in [4.78, 5) is 127. The van der Waals surface area contributed by atoms with Crippen molar-refractivity contribution in [3.63, 3.8) is 0 Å². The number of carboxylic acid groups (broad SMARTS) is 3. The second-order valence-corrected chi connectivity index (χ2v) is 35.7. The molecule has 0 heterocycles. The van der Waals surface area contributed by atoms with E-state index >= 15 is 0 Å². The summed E-state index contributed by atoms with van der Waals surface area (Å²) in [5.74, 6) is -6.46. The molecule has 0 aromatic heterocycles. The first-order valence-electron chi connectivity index (χ1n) is 36.7. The Morgan fingerprint density at radius 1 is 0.404 bits per heavy atom. The monoisotopic (exact) mass is 1610 g/mol. The lowest BCUT2D eigenvalue weighted by Gasteiger charge is -2.34. The maximum Gasteiger partial charge on any atom is 0.338 e. The van der Waals surface area contributed by atoms with E-state index in [1.165, 1.54) is 50.1 Å². The maximum absolute atomic E-state index is 13.3. The van der Waals surface area contributed by atoms with Crippen molar-refractivity contribution in [1.82, 2.24) is 21.8 Å². The molecular weight excluding hydrogens is 1510 g/mol. The number of amides is 3. The summed E-state index contributed by atoms with van der Waals surface area (Å²) in [6.07, 6.45) is 3.13. The standard InChI is InChI=1S/C29H30N2O10.C28H44N2O7Si2.C24H24N2O6.C2H6/c1-17-10-22(29(36)39-9-8-38-18(2)32)13-24(11-17)31-27(33)26-14-20(6-7-25(26)28(34)35)19-4-5-21(16-41-37)23(12-19)15-40-30-3;1-7-8-15-38(3,4)37-39(5,6)16-9-14-30-27(31)26-18-22(12-13-25(26)28(32)33)21-10-11-23(20-36-34)24(17-21)19-35-29-2;1-15-4-3-5-20(10-15)26-23(27)22-12-17(8-9-21(22)24(28)29)16-6-7-18(14-32-30)19(11-16)13-31-25-2;1-2/h4-7,10-14,30,37H,8-9,15-16H2,1-3H3,(H,31,33)(H,34,35);10-13,17-18,29,34H,7-9,14-16,19-20H2,1-6H3,(H,30,31)(H,32,33);3-12,25,30H,13-14H2,1-2H3,(H,26,27)(H,28,29);1-2H3. The van der Waals surface area contributed by atoms with Crippen LogP contribution in [0.3, 0.4) is 0 Å². The summed E-state index contributed by atoms with van der Waals surface area (Å²) in [5.41, 5.74) is 18.6. The number of ether oxygens (including phenoxy) is 2. The predicted octanol–water partition coefficient (Wildman–Crippen LogP) is 15.3. The van der Waals surface area contributed by atoms with Crippen LogP contribution in [0.2, 0.25) is 38.3 Å². The molecule has 0 unspecified atom stereocenters. The minimum Gasteiger partial charge on any atom is -0.478 e. The van der Waals surface area contributed by atoms with E-state index in [1.807, 2.05) is 51.1 Å². The first-order chi connectivity index (χ1) is 54.5. The summed E-state index contributed by atoms with van der Waals surface area (Å²) in [6.45, 7) is 20.8. The van der Waals surface area contributed by atoms with Crippen LogP contribution >= 0.6 is 0 Å². The highest BCUT2D eigenvalue weighted by Crippen LogP contribution is 2.32. The molecule has 31 heteroatoms. The van der Waals surface area contributed by atoms with Gasteiger partial charge in [0, 0.05) is 46.0 Å². The largest absolute Gasteiger partial charge is 0.478 e. The van der Waals surface area contributed by atoms with Gasteiger partial charge in [0.25, 0.3) is 17.7 Å². The number of carbonyl (C=O) groups excluding carboxylic acids is 5. The van der Waals surface area contributed by atoms with E-state index in [9.17, 15) is 53.7 Å². The van der Waals surface area contributed by atoms with E-state index in [2.05, 4.69) is 80.2 Å². The fourth-order valence-electron chi connectivity index (χ4n) is 12.0. The number of hydrogen-bond donors (Lipinski definition) is 12. The number of carboxylic acids is 3. The minimum absolute atomic E-state index is 0.00256. The van der Waals surface area contributed by atoms with Gasteiger partial charge in [-0.05, 0) is 221 Å². The number of aryl methyl sites for hydroxylation is 2. The van der Waals surface area contributed by atoms with Gasteiger partial charge in [0.15, 0.2) is 16.6 Å². The first-order valence-corrected chi connectivity index (χ1v) is 42.9. The third-order valence-electron chi connectivity index (χ3n) is 17.3. The lowest BCUT2D eigenvalue weighted by atomic mass is 9.95. The smallest absolute Gasteiger partial charge is 0.338 e. The Labute approximate surface area is 665 Å². The molecule has 3 amide bonds. The zero-order chi connectivity index (χ0) is 84.1. The molecule has 0 aliphatic rings. The van der Waals surface area contributed by atoms with Crippen molar-refractivity contribution in [2.45, 2.75) is 139 Å². The second kappa shape index (κ2) is 47.8. The minimum atomic E-state index is -1.87. The molecule has 0 aliphatic heterocycles. The predicted molar refractivity (Wildman–Crippen MR) is 434 cm³/mol. The average molecular weight is 1610 g/mol. The maximum atomic E-state index is 13.3. The normalized spacial score (nSPS) is 11.0. The van der Waals surface area contributed by atoms with Crippen LogP contribution in [-0.4, -0.2) is 136 Å². The molecule has 0 radical (unpaired) electrons. The zero-order valence-corrected chi connectivity index (χ0v) is 68.5. The molecule has 114 heavy (non-hydrogen) atoms. The van der Waals surface area contributed by atoms with Crippen molar-refractivity contribution in [1.29, 1.82) is 0 Å². The average Bonchev–Trinajstić information content (AvgIpc) is 0.806. The van der Waals surface area contributed by atoms with Crippen LogP contribution in [0.1, 0.15) is 164 Å². The molecule has 0 saturated carbocycles. The summed E-state index contributed by atoms with van der Waals surface area (Å²) < 4.78 is 16.5. The molecule has 0 aliphatic carbocycles. The highest BCUT2D eigenvalue weighted by atomic mass is 28.4. The van der Waals surface area contributed by atoms with Gasteiger partial charge in [-0.3, -0.25) is 49.5 Å². The van der Waals surface area contributed by atoms with Gasteiger partial charge in [-0.25, -0.2) is 50.3 Å². The Morgan fingerprint density at radius 2 is 0.781 bits per heavy atom. The SMILES string of the molecule is CC.CCCC[Si](C)(C)O[Si](C)(C)CCCNC(=O)c1cc(-c2ccc(COO)c(CONC)c2)ccc1C(=O)O.CNOCc1cc(-c2ccc(C(=O)O)c(C(=O)Nc3cc(C)cc(C(=O)OCCOC(C)=O)c3)c2)ccc1COO.CNOCc1cc(-c2ccc(C(=O)O)c(C(=O)Nc3cccc(C)c3)c2)ccc1COO. The van der Waals surface area contributed by atoms with Crippen molar-refractivity contribution < 1.29 is 112 Å². The lowest BCUT2D eigenvalue weighted by Crippen LogP contribution is -2.44. The Balaban J connectivity index is 0.000000304. The molecule has 29 nitrogen and oxygen atoms in total. The van der Waals surface area contributed by atoms with E-state index < -0.39 is 64.2 Å². The van der Waals surface area contributed by atoms with E-state index in [-0.39, 0.29) is 97.5 Å². The van der Waals surface area contributed by atoms with Crippen LogP contribution in [0, 0.1) is 13.8 Å². The third kappa shape index (κ3) is 30.1. The van der Waals surface area contributed by atoms with Crippen molar-refractivity contribution in [2.75, 3.05) is 51.5 Å². The number of hydrogen-bond acceptors (Lipinski definition) is 23. The van der Waals surface area contributed by atoms with Crippen molar-refractivity contribution >= 4 is 75.6 Å². The Hall–Kier alpha value is -10.6. The summed E-state index contributed by atoms with van der Waals surface area (Å²) >= 11 is 0. The van der Waals surface area contributed by atoms with E-state index in [0.717, 1.165) is 57.5 Å². The number of hydroxylamine groups is 3. The van der Waals surface area contributed by atoms with Gasteiger partial charge in [0.05, 0.1) is 58.8 Å². The van der Waals surface area contributed by atoms with Crippen LogP contribution in [0.4, 0.5) is 11.4 Å². The quantitative estimate of drug-likeness (QED) is 0.00560. The van der Waals surface area contributed by atoms with Gasteiger partial charge in [0.1, 0.15) is 33.0 Å². The first kappa shape index (κ1) is 94.0. The van der Waals surface area contributed by atoms with Crippen LogP contribution in [-0.2, 0) is 87.2 Å². The molecule has 12 N–H and O–H groups in total. The van der Waals surface area contributed by atoms with Gasteiger partial charge < -0.3 is 44.9 Å². The molecular formula is C83H104N6O23Si2. The van der Waals surface area contributed by atoms with E-state index in [0.29, 0.717) is 51.2 Å². The van der Waals surface area contributed by atoms with Crippen molar-refractivity contribution in [3.8, 4) is 33.4 Å². The number of aromatic carboxylic acids is 3.